The van der Waals surface area contributed by atoms with Crippen molar-refractivity contribution in [2.45, 2.75) is 24.9 Å². The van der Waals surface area contributed by atoms with Crippen LogP contribution < -0.4 is 0 Å². The second-order valence-corrected chi connectivity index (χ2v) is 9.16. The first kappa shape index (κ1) is 20.9. The van der Waals surface area contributed by atoms with Crippen LogP contribution in [0.1, 0.15) is 29.3 Å². The van der Waals surface area contributed by atoms with Gasteiger partial charge in [0.25, 0.3) is 0 Å². The Bertz CT molecular complexity index is 1400. The first-order valence-electron chi connectivity index (χ1n) is 11.8. The highest BCUT2D eigenvalue weighted by Crippen LogP contribution is 2.44. The largest absolute Gasteiger partial charge is 0.385 e. The third-order valence-electron chi connectivity index (χ3n) is 7.24. The highest BCUT2D eigenvalue weighted by molar-refractivity contribution is 5.98. The number of ether oxygens (including phenoxy) is 1. The number of methoxy groups -OCH3 is 1. The number of hydrogen-bond donors (Lipinski definition) is 1. The molecule has 2 amide bonds. The normalized spacial score (nSPS) is 20.1. The van der Waals surface area contributed by atoms with E-state index in [2.05, 4.69) is 41.4 Å². The monoisotopic (exact) mass is 453 g/mol. The van der Waals surface area contributed by atoms with Crippen LogP contribution in [0.5, 0.6) is 0 Å². The highest BCUT2D eigenvalue weighted by Gasteiger charge is 2.48. The molecule has 6 nitrogen and oxygen atoms in total. The van der Waals surface area contributed by atoms with Crippen molar-refractivity contribution in [1.29, 1.82) is 0 Å². The van der Waals surface area contributed by atoms with Crippen molar-refractivity contribution in [3.05, 3.63) is 83.6 Å². The number of hydrogen-bond acceptors (Lipinski definition) is 3. The number of benzene rings is 3. The van der Waals surface area contributed by atoms with Crippen molar-refractivity contribution in [2.75, 3.05) is 26.8 Å². The Balaban J connectivity index is 1.53. The van der Waals surface area contributed by atoms with Gasteiger partial charge in [-0.15, -0.1) is 0 Å². The van der Waals surface area contributed by atoms with Gasteiger partial charge in [-0.25, -0.2) is 0 Å². The lowest BCUT2D eigenvalue weighted by Gasteiger charge is -2.47. The number of amides is 2. The summed E-state index contributed by atoms with van der Waals surface area (Å²) < 4.78 is 5.16. The summed E-state index contributed by atoms with van der Waals surface area (Å²) in [7, 11) is 1.65. The van der Waals surface area contributed by atoms with Gasteiger partial charge in [0.1, 0.15) is 6.04 Å². The summed E-state index contributed by atoms with van der Waals surface area (Å²) in [5.74, 6) is 0.0149. The molecule has 3 heterocycles. The van der Waals surface area contributed by atoms with Crippen molar-refractivity contribution >= 4 is 33.5 Å². The van der Waals surface area contributed by atoms with Gasteiger partial charge in [-0.3, -0.25) is 9.59 Å². The van der Waals surface area contributed by atoms with Gasteiger partial charge in [0, 0.05) is 43.3 Å². The maximum atomic E-state index is 13.7. The minimum absolute atomic E-state index is 0.00995. The Labute approximate surface area is 198 Å². The maximum Gasteiger partial charge on any atom is 0.246 e. The number of piperazine rings is 1. The average Bonchev–Trinajstić information content (AvgIpc) is 3.24. The zero-order valence-corrected chi connectivity index (χ0v) is 19.2. The molecule has 3 aromatic carbocycles. The molecule has 2 aliphatic rings. The van der Waals surface area contributed by atoms with Gasteiger partial charge in [0.15, 0.2) is 0 Å². The summed E-state index contributed by atoms with van der Waals surface area (Å²) in [5.41, 5.74) is 4.23. The van der Waals surface area contributed by atoms with E-state index in [4.69, 9.17) is 4.74 Å². The van der Waals surface area contributed by atoms with E-state index in [0.29, 0.717) is 26.0 Å². The molecule has 34 heavy (non-hydrogen) atoms. The molecule has 1 unspecified atom stereocenters. The van der Waals surface area contributed by atoms with Gasteiger partial charge in [-0.2, -0.15) is 0 Å². The van der Waals surface area contributed by atoms with Gasteiger partial charge < -0.3 is 19.5 Å². The second-order valence-electron chi connectivity index (χ2n) is 9.16. The summed E-state index contributed by atoms with van der Waals surface area (Å²) in [5, 5.41) is 3.35. The Hall–Kier alpha value is -3.64. The predicted octanol–water partition coefficient (Wildman–Crippen LogP) is 4.04. The lowest BCUT2D eigenvalue weighted by molar-refractivity contribution is -0.158. The molecule has 2 atom stereocenters. The fourth-order valence-electron chi connectivity index (χ4n) is 5.73. The zero-order chi connectivity index (χ0) is 23.2. The van der Waals surface area contributed by atoms with E-state index in [9.17, 15) is 9.59 Å². The predicted molar refractivity (Wildman–Crippen MR) is 132 cm³/mol. The van der Waals surface area contributed by atoms with E-state index in [1.165, 1.54) is 0 Å². The second kappa shape index (κ2) is 8.29. The smallest absolute Gasteiger partial charge is 0.246 e. The molecule has 2 aliphatic heterocycles. The van der Waals surface area contributed by atoms with E-state index in [0.717, 1.165) is 38.5 Å². The average molecular weight is 454 g/mol. The number of nitrogens with one attached hydrogen (secondary N) is 1. The summed E-state index contributed by atoms with van der Waals surface area (Å²) in [6, 6.07) is 21.8. The molecule has 0 saturated carbocycles. The Kier molecular flexibility index (Phi) is 5.11. The molecule has 0 spiro atoms. The molecule has 1 N–H and O–H groups in total. The van der Waals surface area contributed by atoms with Crippen molar-refractivity contribution < 1.29 is 14.3 Å². The number of aromatic nitrogens is 1. The molecule has 0 radical (unpaired) electrons. The molecular formula is C28H27N3O3. The molecule has 6 rings (SSSR count). The first-order valence-corrected chi connectivity index (χ1v) is 11.8. The summed E-state index contributed by atoms with van der Waals surface area (Å²) in [6.45, 7) is 1.20. The number of nitrogens with zero attached hydrogens (tertiary/aromatic N) is 2. The molecular weight excluding hydrogens is 426 g/mol. The van der Waals surface area contributed by atoms with E-state index >= 15 is 0 Å². The van der Waals surface area contributed by atoms with Gasteiger partial charge in [-0.05, 0) is 34.4 Å². The number of carbonyl (C=O) groups is 2. The van der Waals surface area contributed by atoms with Gasteiger partial charge in [-0.1, -0.05) is 60.7 Å². The summed E-state index contributed by atoms with van der Waals surface area (Å²) in [6.07, 6.45) is 1.24. The van der Waals surface area contributed by atoms with E-state index in [1.54, 1.807) is 12.0 Å². The summed E-state index contributed by atoms with van der Waals surface area (Å²) >= 11 is 0. The number of aromatic amines is 1. The molecule has 6 heteroatoms. The van der Waals surface area contributed by atoms with Gasteiger partial charge >= 0.3 is 0 Å². The number of H-pyrrole nitrogens is 1. The summed E-state index contributed by atoms with van der Waals surface area (Å²) in [4.78, 5) is 34.5. The maximum absolute atomic E-state index is 13.7. The molecule has 0 bridgehead atoms. The Morgan fingerprint density at radius 2 is 1.74 bits per heavy atom. The van der Waals surface area contributed by atoms with E-state index < -0.39 is 6.04 Å². The van der Waals surface area contributed by atoms with Crippen LogP contribution in [-0.4, -0.2) is 59.4 Å². The molecule has 4 aromatic rings. The SMILES string of the molecule is COCCCN1CC(=O)N2C(c3cccc4ccccc34)c3[nH]c4ccccc4c3C[C@@H]2C1=O. The minimum Gasteiger partial charge on any atom is -0.385 e. The molecule has 1 aromatic heterocycles. The van der Waals surface area contributed by atoms with Crippen LogP contribution in [-0.2, 0) is 20.7 Å². The lowest BCUT2D eigenvalue weighted by Crippen LogP contribution is -2.63. The molecule has 0 aliphatic carbocycles. The third-order valence-corrected chi connectivity index (χ3v) is 7.24. The topological polar surface area (TPSA) is 65.6 Å². The van der Waals surface area contributed by atoms with E-state index in [-0.39, 0.29) is 24.4 Å². The fourth-order valence-corrected chi connectivity index (χ4v) is 5.73. The number of para-hydroxylation sites is 1. The van der Waals surface area contributed by atoms with Gasteiger partial charge in [0.2, 0.25) is 11.8 Å². The number of fused-ring (bicyclic) bond motifs is 5. The quantitative estimate of drug-likeness (QED) is 0.464. The Morgan fingerprint density at radius 3 is 2.59 bits per heavy atom. The van der Waals surface area contributed by atoms with Crippen molar-refractivity contribution in [3.8, 4) is 0 Å². The van der Waals surface area contributed by atoms with Crippen LogP contribution >= 0.6 is 0 Å². The van der Waals surface area contributed by atoms with Crippen LogP contribution in [0.15, 0.2) is 66.7 Å². The molecule has 1 saturated heterocycles. The zero-order valence-electron chi connectivity index (χ0n) is 19.2. The minimum atomic E-state index is -0.514. The molecule has 172 valence electrons. The number of carbonyl (C=O) groups excluding carboxylic acids is 2. The first-order chi connectivity index (χ1) is 16.7. The highest BCUT2D eigenvalue weighted by atomic mass is 16.5. The molecule has 1 fully saturated rings. The van der Waals surface area contributed by atoms with Crippen LogP contribution in [0, 0.1) is 0 Å². The van der Waals surface area contributed by atoms with Crippen molar-refractivity contribution in [3.63, 3.8) is 0 Å². The standard InChI is InChI=1S/C28H27N3O3/c1-34-15-7-14-30-17-25(32)31-24(28(30)33)16-22-20-11-4-5-13-23(20)29-26(22)27(31)21-12-6-9-18-8-2-3-10-19(18)21/h2-6,8-13,24,27,29H,7,14-17H2,1H3/t24-,27?/m1/s1. The van der Waals surface area contributed by atoms with Crippen LogP contribution in [0.3, 0.4) is 0 Å². The van der Waals surface area contributed by atoms with Crippen LogP contribution in [0.2, 0.25) is 0 Å². The van der Waals surface area contributed by atoms with Crippen molar-refractivity contribution in [1.82, 2.24) is 14.8 Å². The van der Waals surface area contributed by atoms with Crippen LogP contribution in [0.25, 0.3) is 21.7 Å². The van der Waals surface area contributed by atoms with Crippen molar-refractivity contribution in [2.24, 2.45) is 0 Å². The van der Waals surface area contributed by atoms with Crippen LogP contribution in [0.4, 0.5) is 0 Å². The van der Waals surface area contributed by atoms with E-state index in [1.807, 2.05) is 35.2 Å². The number of rotatable bonds is 5. The Morgan fingerprint density at radius 1 is 0.971 bits per heavy atom. The third kappa shape index (κ3) is 3.21. The fraction of sp³-hybridized carbons (Fsp3) is 0.286. The van der Waals surface area contributed by atoms with Gasteiger partial charge in [0.05, 0.1) is 12.6 Å². The lowest BCUT2D eigenvalue weighted by atomic mass is 9.84.